The van der Waals surface area contributed by atoms with Gasteiger partial charge in [0.15, 0.2) is 11.3 Å². The molecule has 0 radical (unpaired) electrons. The van der Waals surface area contributed by atoms with Gasteiger partial charge in [0, 0.05) is 51.6 Å². The average Bonchev–Trinajstić information content (AvgIpc) is 3.22. The number of hydrogen-bond acceptors (Lipinski definition) is 9. The molecule has 1 amide bonds. The summed E-state index contributed by atoms with van der Waals surface area (Å²) in [5, 5.41) is 5.15. The minimum absolute atomic E-state index is 0.0604. The van der Waals surface area contributed by atoms with Gasteiger partial charge in [-0.1, -0.05) is 0 Å². The smallest absolute Gasteiger partial charge is 0.425 e. The van der Waals surface area contributed by atoms with Crippen LogP contribution in [0.3, 0.4) is 0 Å². The first-order chi connectivity index (χ1) is 17.7. The summed E-state index contributed by atoms with van der Waals surface area (Å²) >= 11 is 0. The summed E-state index contributed by atoms with van der Waals surface area (Å²) in [6.07, 6.45) is -0.345. The Morgan fingerprint density at radius 2 is 1.78 bits per heavy atom. The van der Waals surface area contributed by atoms with Gasteiger partial charge in [0.25, 0.3) is 11.5 Å². The number of piperidine rings is 1. The van der Waals surface area contributed by atoms with Crippen LogP contribution in [0.5, 0.6) is 5.75 Å². The zero-order chi connectivity index (χ0) is 26.6. The zero-order valence-electron chi connectivity index (χ0n) is 20.5. The van der Waals surface area contributed by atoms with Gasteiger partial charge in [-0.05, 0) is 25.3 Å². The van der Waals surface area contributed by atoms with E-state index in [0.29, 0.717) is 18.9 Å². The van der Waals surface area contributed by atoms with Crippen LogP contribution in [0.25, 0.3) is 0 Å². The van der Waals surface area contributed by atoms with Crippen molar-refractivity contribution in [3.8, 4) is 5.75 Å². The molecule has 2 unspecified atom stereocenters. The van der Waals surface area contributed by atoms with E-state index in [4.69, 9.17) is 14.2 Å². The van der Waals surface area contributed by atoms with E-state index in [-0.39, 0.29) is 25.2 Å². The Hall–Kier alpha value is -3.26. The van der Waals surface area contributed by atoms with Gasteiger partial charge >= 0.3 is 6.18 Å². The third-order valence-corrected chi connectivity index (χ3v) is 6.38. The Bertz CT molecular complexity index is 1120. The molecule has 0 aromatic carbocycles. The number of amides is 1. The van der Waals surface area contributed by atoms with E-state index in [2.05, 4.69) is 20.0 Å². The molecule has 2 aromatic heterocycles. The highest BCUT2D eigenvalue weighted by Crippen LogP contribution is 2.33. The van der Waals surface area contributed by atoms with Crippen LogP contribution in [0.15, 0.2) is 23.4 Å². The number of aromatic amines is 1. The van der Waals surface area contributed by atoms with Crippen LogP contribution >= 0.6 is 0 Å². The van der Waals surface area contributed by atoms with Gasteiger partial charge in [-0.15, -0.1) is 0 Å². The van der Waals surface area contributed by atoms with Crippen LogP contribution in [0.4, 0.5) is 19.1 Å². The number of halogens is 3. The highest BCUT2D eigenvalue weighted by atomic mass is 19.4. The van der Waals surface area contributed by atoms with Gasteiger partial charge in [0.2, 0.25) is 5.95 Å². The molecule has 0 spiro atoms. The fourth-order valence-corrected chi connectivity index (χ4v) is 4.56. The average molecular weight is 527 g/mol. The summed E-state index contributed by atoms with van der Waals surface area (Å²) in [7, 11) is 1.35. The highest BCUT2D eigenvalue weighted by molar-refractivity contribution is 5.83. The zero-order valence-corrected chi connectivity index (χ0v) is 20.5. The standard InChI is InChI=1S/C23H29F3N6O5/c1-14-9-27-22(28-10-14)31-6-3-15(4-7-31)32-8-5-17(21(32)34)36-13-16(12-35-2)37-18-11-29-30-20(33)19(18)23(24,25)26/h9-11,15-17H,3-8,12-13H2,1-2H3,(H,30,33). The molecule has 14 heteroatoms. The minimum atomic E-state index is -4.94. The van der Waals surface area contributed by atoms with E-state index in [1.54, 1.807) is 17.5 Å². The Labute approximate surface area is 210 Å². The fraction of sp³-hybridized carbons (Fsp3) is 0.609. The van der Waals surface area contributed by atoms with Crippen molar-refractivity contribution in [3.05, 3.63) is 40.1 Å². The molecule has 2 aliphatic heterocycles. The maximum absolute atomic E-state index is 13.3. The topological polar surface area (TPSA) is 123 Å². The summed E-state index contributed by atoms with van der Waals surface area (Å²) in [6, 6.07) is 0.0604. The molecule has 2 fully saturated rings. The van der Waals surface area contributed by atoms with Gasteiger partial charge in [-0.3, -0.25) is 9.59 Å². The van der Waals surface area contributed by atoms with Crippen molar-refractivity contribution in [2.24, 2.45) is 0 Å². The number of methoxy groups -OCH3 is 1. The predicted molar refractivity (Wildman–Crippen MR) is 124 cm³/mol. The first-order valence-electron chi connectivity index (χ1n) is 11.9. The lowest BCUT2D eigenvalue weighted by molar-refractivity contribution is -0.142. The number of alkyl halides is 3. The van der Waals surface area contributed by atoms with E-state index in [9.17, 15) is 22.8 Å². The van der Waals surface area contributed by atoms with Crippen molar-refractivity contribution in [2.75, 3.05) is 44.9 Å². The molecule has 2 aromatic rings. The Morgan fingerprint density at radius 3 is 2.43 bits per heavy atom. The predicted octanol–water partition coefficient (Wildman–Crippen LogP) is 1.57. The number of nitrogens with zero attached hydrogens (tertiary/aromatic N) is 5. The molecule has 1 N–H and O–H groups in total. The van der Waals surface area contributed by atoms with Crippen molar-refractivity contribution in [1.29, 1.82) is 0 Å². The molecule has 2 saturated heterocycles. The van der Waals surface area contributed by atoms with Crippen molar-refractivity contribution in [1.82, 2.24) is 25.1 Å². The molecule has 202 valence electrons. The number of likely N-dealkylation sites (tertiary alicyclic amines) is 1. The van der Waals surface area contributed by atoms with E-state index in [1.807, 2.05) is 11.8 Å². The SMILES string of the molecule is COCC(COC1CCN(C2CCN(c3ncc(C)cn3)CC2)C1=O)Oc1cn[nH]c(=O)c1C(F)(F)F. The van der Waals surface area contributed by atoms with Crippen LogP contribution in [-0.4, -0.2) is 89.2 Å². The summed E-state index contributed by atoms with van der Waals surface area (Å²) in [5.41, 5.74) is -1.92. The number of nitrogens with one attached hydrogen (secondary N) is 1. The lowest BCUT2D eigenvalue weighted by Crippen LogP contribution is -2.47. The third-order valence-electron chi connectivity index (χ3n) is 6.38. The first-order valence-corrected chi connectivity index (χ1v) is 11.9. The molecule has 11 nitrogen and oxygen atoms in total. The van der Waals surface area contributed by atoms with Crippen molar-refractivity contribution < 1.29 is 32.2 Å². The highest BCUT2D eigenvalue weighted by Gasteiger charge is 2.40. The van der Waals surface area contributed by atoms with Gasteiger partial charge in [-0.25, -0.2) is 15.1 Å². The molecule has 4 rings (SSSR count). The molecule has 2 aliphatic rings. The molecule has 0 aliphatic carbocycles. The van der Waals surface area contributed by atoms with Crippen LogP contribution in [0.1, 0.15) is 30.4 Å². The molecule has 0 bridgehead atoms. The van der Waals surface area contributed by atoms with Crippen LogP contribution in [0, 0.1) is 6.92 Å². The second kappa shape index (κ2) is 11.4. The van der Waals surface area contributed by atoms with Crippen molar-refractivity contribution in [3.63, 3.8) is 0 Å². The molecule has 37 heavy (non-hydrogen) atoms. The van der Waals surface area contributed by atoms with E-state index < -0.39 is 35.3 Å². The maximum atomic E-state index is 13.3. The number of carbonyl (C=O) groups excluding carboxylic acids is 1. The number of aromatic nitrogens is 4. The second-order valence-corrected chi connectivity index (χ2v) is 9.05. The number of H-pyrrole nitrogens is 1. The Balaban J connectivity index is 1.32. The molecule has 0 saturated carbocycles. The Morgan fingerprint density at radius 1 is 1.08 bits per heavy atom. The minimum Gasteiger partial charge on any atom is -0.483 e. The number of hydrogen-bond donors (Lipinski definition) is 1. The number of anilines is 1. The molecular weight excluding hydrogens is 497 g/mol. The lowest BCUT2D eigenvalue weighted by Gasteiger charge is -2.36. The monoisotopic (exact) mass is 526 g/mol. The van der Waals surface area contributed by atoms with E-state index in [1.165, 1.54) is 7.11 Å². The third kappa shape index (κ3) is 6.36. The van der Waals surface area contributed by atoms with E-state index >= 15 is 0 Å². The number of ether oxygens (including phenoxy) is 3. The first kappa shape index (κ1) is 26.8. The van der Waals surface area contributed by atoms with Crippen LogP contribution < -0.4 is 15.2 Å². The largest absolute Gasteiger partial charge is 0.483 e. The van der Waals surface area contributed by atoms with Crippen LogP contribution in [0.2, 0.25) is 0 Å². The summed E-state index contributed by atoms with van der Waals surface area (Å²) in [4.78, 5) is 37.4. The van der Waals surface area contributed by atoms with Crippen molar-refractivity contribution in [2.45, 2.75) is 50.6 Å². The van der Waals surface area contributed by atoms with E-state index in [0.717, 1.165) is 37.7 Å². The molecular formula is C23H29F3N6O5. The number of carbonyl (C=O) groups is 1. The normalized spacial score (nSPS) is 19.9. The number of aryl methyl sites for hydroxylation is 1. The molecule has 2 atom stereocenters. The van der Waals surface area contributed by atoms with Crippen molar-refractivity contribution >= 4 is 11.9 Å². The van der Waals surface area contributed by atoms with Gasteiger partial charge in [0.1, 0.15) is 12.2 Å². The molecule has 4 heterocycles. The summed E-state index contributed by atoms with van der Waals surface area (Å²) < 4.78 is 56.2. The van der Waals surface area contributed by atoms with Crippen LogP contribution in [-0.2, 0) is 20.4 Å². The fourth-order valence-electron chi connectivity index (χ4n) is 4.56. The van der Waals surface area contributed by atoms with Gasteiger partial charge < -0.3 is 24.0 Å². The maximum Gasteiger partial charge on any atom is 0.425 e. The number of rotatable bonds is 9. The summed E-state index contributed by atoms with van der Waals surface area (Å²) in [6.45, 7) is 3.58. The van der Waals surface area contributed by atoms with Gasteiger partial charge in [0.05, 0.1) is 19.4 Å². The lowest BCUT2D eigenvalue weighted by atomic mass is 10.0. The Kier molecular flexibility index (Phi) is 8.27. The van der Waals surface area contributed by atoms with Gasteiger partial charge in [-0.2, -0.15) is 18.3 Å². The second-order valence-electron chi connectivity index (χ2n) is 9.05. The quantitative estimate of drug-likeness (QED) is 0.519. The summed E-state index contributed by atoms with van der Waals surface area (Å²) in [5.74, 6) is -0.216.